The number of nitrogens with zero attached hydrogens (tertiary/aromatic N) is 3. The van der Waals surface area contributed by atoms with Crippen molar-refractivity contribution >= 4 is 23.4 Å². The van der Waals surface area contributed by atoms with E-state index in [1.165, 1.54) is 11.8 Å². The molecule has 0 aliphatic rings. The molecule has 0 saturated heterocycles. The fourth-order valence-corrected chi connectivity index (χ4v) is 2.98. The van der Waals surface area contributed by atoms with Crippen LogP contribution in [0.1, 0.15) is 0 Å². The second-order valence-electron chi connectivity index (χ2n) is 5.28. The molecule has 0 fully saturated rings. The van der Waals surface area contributed by atoms with Crippen LogP contribution in [0.3, 0.4) is 0 Å². The maximum absolute atomic E-state index is 12.2. The highest BCUT2D eigenvalue weighted by molar-refractivity contribution is 7.99. The highest BCUT2D eigenvalue weighted by Crippen LogP contribution is 2.26. The van der Waals surface area contributed by atoms with Crippen LogP contribution in [0.15, 0.2) is 46.2 Å². The lowest BCUT2D eigenvalue weighted by molar-refractivity contribution is -0.113. The molecule has 1 N–H and O–H groups in total. The highest BCUT2D eigenvalue weighted by atomic mass is 32.2. The normalized spacial score (nSPS) is 10.6. The summed E-state index contributed by atoms with van der Waals surface area (Å²) < 4.78 is 17.5. The molecule has 1 aromatic carbocycles. The standard InChI is InChI=1S/C17H18N4O4S/c1-21-16(14-5-4-6-25-14)19-20-17(21)26-10-15(22)18-11-7-12(23-2)9-13(8-11)24-3/h4-9H,10H2,1-3H3,(H,18,22). The van der Waals surface area contributed by atoms with E-state index in [9.17, 15) is 4.79 Å². The highest BCUT2D eigenvalue weighted by Gasteiger charge is 2.15. The molecule has 2 heterocycles. The number of aromatic nitrogens is 3. The third-order valence-corrected chi connectivity index (χ3v) is 4.56. The molecule has 0 aliphatic carbocycles. The minimum absolute atomic E-state index is 0.173. The van der Waals surface area contributed by atoms with Crippen LogP contribution < -0.4 is 14.8 Å². The molecule has 26 heavy (non-hydrogen) atoms. The van der Waals surface area contributed by atoms with Crippen molar-refractivity contribution in [1.29, 1.82) is 0 Å². The Morgan fingerprint density at radius 3 is 2.58 bits per heavy atom. The lowest BCUT2D eigenvalue weighted by Gasteiger charge is -2.09. The first kappa shape index (κ1) is 17.9. The van der Waals surface area contributed by atoms with E-state index < -0.39 is 0 Å². The van der Waals surface area contributed by atoms with Gasteiger partial charge in [-0.15, -0.1) is 10.2 Å². The smallest absolute Gasteiger partial charge is 0.234 e. The molecule has 3 aromatic rings. The summed E-state index contributed by atoms with van der Waals surface area (Å²) in [6, 6.07) is 8.78. The summed E-state index contributed by atoms with van der Waals surface area (Å²) in [5, 5.41) is 11.6. The van der Waals surface area contributed by atoms with E-state index in [1.54, 1.807) is 55.4 Å². The van der Waals surface area contributed by atoms with Crippen molar-refractivity contribution < 1.29 is 18.7 Å². The number of carbonyl (C=O) groups excluding carboxylic acids is 1. The molecule has 0 radical (unpaired) electrons. The topological polar surface area (TPSA) is 91.4 Å². The van der Waals surface area contributed by atoms with Crippen molar-refractivity contribution in [3.05, 3.63) is 36.6 Å². The van der Waals surface area contributed by atoms with Crippen molar-refractivity contribution in [3.63, 3.8) is 0 Å². The van der Waals surface area contributed by atoms with Gasteiger partial charge in [0.15, 0.2) is 16.7 Å². The van der Waals surface area contributed by atoms with Gasteiger partial charge in [0.25, 0.3) is 0 Å². The maximum Gasteiger partial charge on any atom is 0.234 e. The number of anilines is 1. The number of furan rings is 1. The molecule has 2 aromatic heterocycles. The number of hydrogen-bond donors (Lipinski definition) is 1. The van der Waals surface area contributed by atoms with Crippen molar-refractivity contribution in [1.82, 2.24) is 14.8 Å². The Morgan fingerprint density at radius 1 is 1.23 bits per heavy atom. The fraction of sp³-hybridized carbons (Fsp3) is 0.235. The molecule has 0 unspecified atom stereocenters. The number of methoxy groups -OCH3 is 2. The van der Waals surface area contributed by atoms with Crippen LogP contribution in [0, 0.1) is 0 Å². The number of nitrogens with one attached hydrogen (secondary N) is 1. The van der Waals surface area contributed by atoms with Gasteiger partial charge >= 0.3 is 0 Å². The summed E-state index contributed by atoms with van der Waals surface area (Å²) in [6.45, 7) is 0. The molecular weight excluding hydrogens is 356 g/mol. The molecule has 1 amide bonds. The molecule has 8 nitrogen and oxygen atoms in total. The average molecular weight is 374 g/mol. The molecule has 0 saturated carbocycles. The van der Waals surface area contributed by atoms with E-state index in [4.69, 9.17) is 13.9 Å². The van der Waals surface area contributed by atoms with Crippen LogP contribution in [-0.4, -0.2) is 40.6 Å². The van der Waals surface area contributed by atoms with Crippen molar-refractivity contribution in [3.8, 4) is 23.1 Å². The molecule has 0 atom stereocenters. The number of rotatable bonds is 7. The predicted molar refractivity (Wildman–Crippen MR) is 97.6 cm³/mol. The Kier molecular flexibility index (Phi) is 5.47. The van der Waals surface area contributed by atoms with Gasteiger partial charge in [-0.05, 0) is 12.1 Å². The molecule has 9 heteroatoms. The zero-order chi connectivity index (χ0) is 18.5. The number of ether oxygens (including phenoxy) is 2. The zero-order valence-electron chi connectivity index (χ0n) is 14.6. The Morgan fingerprint density at radius 2 is 1.96 bits per heavy atom. The number of carbonyl (C=O) groups is 1. The fourth-order valence-electron chi connectivity index (χ4n) is 2.27. The summed E-state index contributed by atoms with van der Waals surface area (Å²) in [4.78, 5) is 12.2. The van der Waals surface area contributed by atoms with Gasteiger partial charge in [-0.25, -0.2) is 0 Å². The molecule has 0 aliphatic heterocycles. The molecule has 0 spiro atoms. The maximum atomic E-state index is 12.2. The van der Waals surface area contributed by atoms with Crippen LogP contribution in [0.25, 0.3) is 11.6 Å². The summed E-state index contributed by atoms with van der Waals surface area (Å²) in [7, 11) is 4.94. The first-order valence-corrected chi connectivity index (χ1v) is 8.68. The summed E-state index contributed by atoms with van der Waals surface area (Å²) >= 11 is 1.29. The SMILES string of the molecule is COc1cc(NC(=O)CSc2nnc(-c3ccco3)n2C)cc(OC)c1. The van der Waals surface area contributed by atoms with Gasteiger partial charge in [0.05, 0.1) is 26.2 Å². The van der Waals surface area contributed by atoms with E-state index in [0.717, 1.165) is 0 Å². The second-order valence-corrected chi connectivity index (χ2v) is 6.22. The van der Waals surface area contributed by atoms with E-state index in [-0.39, 0.29) is 11.7 Å². The van der Waals surface area contributed by atoms with Crippen molar-refractivity contribution in [2.24, 2.45) is 7.05 Å². The van der Waals surface area contributed by atoms with E-state index in [0.29, 0.717) is 33.9 Å². The van der Waals surface area contributed by atoms with Crippen molar-refractivity contribution in [2.45, 2.75) is 5.16 Å². The number of benzene rings is 1. The van der Waals surface area contributed by atoms with Gasteiger partial charge in [0.2, 0.25) is 5.91 Å². The lowest BCUT2D eigenvalue weighted by atomic mass is 10.2. The number of thioether (sulfide) groups is 1. The van der Waals surface area contributed by atoms with Gasteiger partial charge in [0, 0.05) is 30.9 Å². The summed E-state index contributed by atoms with van der Waals surface area (Å²) in [5.74, 6) is 2.44. The largest absolute Gasteiger partial charge is 0.497 e. The van der Waals surface area contributed by atoms with Gasteiger partial charge in [-0.1, -0.05) is 11.8 Å². The Hall–Kier alpha value is -2.94. The molecule has 136 valence electrons. The number of amides is 1. The Balaban J connectivity index is 1.63. The van der Waals surface area contributed by atoms with E-state index in [2.05, 4.69) is 15.5 Å². The first-order chi connectivity index (χ1) is 12.6. The first-order valence-electron chi connectivity index (χ1n) is 7.69. The Labute approximate surface area is 154 Å². The summed E-state index contributed by atoms with van der Waals surface area (Å²) in [6.07, 6.45) is 1.58. The van der Waals surface area contributed by atoms with Crippen LogP contribution >= 0.6 is 11.8 Å². The van der Waals surface area contributed by atoms with E-state index in [1.807, 2.05) is 7.05 Å². The van der Waals surface area contributed by atoms with Crippen molar-refractivity contribution in [2.75, 3.05) is 25.3 Å². The number of hydrogen-bond acceptors (Lipinski definition) is 7. The molecular formula is C17H18N4O4S. The monoisotopic (exact) mass is 374 g/mol. The van der Waals surface area contributed by atoms with Crippen LogP contribution in [-0.2, 0) is 11.8 Å². The zero-order valence-corrected chi connectivity index (χ0v) is 15.4. The van der Waals surface area contributed by atoms with Gasteiger partial charge in [-0.2, -0.15) is 0 Å². The van der Waals surface area contributed by atoms with Crippen LogP contribution in [0.2, 0.25) is 0 Å². The second kappa shape index (κ2) is 7.96. The summed E-state index contributed by atoms with van der Waals surface area (Å²) in [5.41, 5.74) is 0.598. The van der Waals surface area contributed by atoms with Gasteiger partial charge in [-0.3, -0.25) is 4.79 Å². The van der Waals surface area contributed by atoms with Crippen LogP contribution in [0.4, 0.5) is 5.69 Å². The Bertz CT molecular complexity index is 870. The minimum atomic E-state index is -0.173. The van der Waals surface area contributed by atoms with Gasteiger partial charge < -0.3 is 23.8 Å². The lowest BCUT2D eigenvalue weighted by Crippen LogP contribution is -2.14. The average Bonchev–Trinajstić information content (AvgIpc) is 3.29. The third-order valence-electron chi connectivity index (χ3n) is 3.54. The third kappa shape index (κ3) is 3.99. The van der Waals surface area contributed by atoms with Crippen LogP contribution in [0.5, 0.6) is 11.5 Å². The molecule has 3 rings (SSSR count). The quantitative estimate of drug-likeness (QED) is 0.636. The minimum Gasteiger partial charge on any atom is -0.497 e. The van der Waals surface area contributed by atoms with E-state index >= 15 is 0 Å². The van der Waals surface area contributed by atoms with Gasteiger partial charge in [0.1, 0.15) is 11.5 Å². The molecule has 0 bridgehead atoms. The predicted octanol–water partition coefficient (Wildman–Crippen LogP) is 2.82.